The van der Waals surface area contributed by atoms with Crippen LogP contribution in [0.1, 0.15) is 64.2 Å². The third-order valence-electron chi connectivity index (χ3n) is 6.27. The van der Waals surface area contributed by atoms with Crippen molar-refractivity contribution in [3.63, 3.8) is 0 Å². The predicted octanol–water partition coefficient (Wildman–Crippen LogP) is 2.00. The van der Waals surface area contributed by atoms with Gasteiger partial charge in [-0.3, -0.25) is 0 Å². The van der Waals surface area contributed by atoms with Crippen molar-refractivity contribution >= 4 is 0 Å². The van der Waals surface area contributed by atoms with Gasteiger partial charge in [-0.25, -0.2) is 0 Å². The molecule has 3 rings (SSSR count). The molecule has 128 valence electrons. The molecule has 0 aromatic heterocycles. The second-order valence-electron chi connectivity index (χ2n) is 7.98. The highest BCUT2D eigenvalue weighted by Gasteiger charge is 2.30. The van der Waals surface area contributed by atoms with E-state index < -0.39 is 0 Å². The monoisotopic (exact) mass is 310 g/mol. The summed E-state index contributed by atoms with van der Waals surface area (Å²) < 4.78 is 0. The summed E-state index contributed by atoms with van der Waals surface area (Å²) in [7, 11) is 0. The fourth-order valence-corrected chi connectivity index (χ4v) is 4.61. The highest BCUT2D eigenvalue weighted by molar-refractivity contribution is 4.85. The Morgan fingerprint density at radius 1 is 0.636 bits per heavy atom. The molecule has 2 aliphatic carbocycles. The summed E-state index contributed by atoms with van der Waals surface area (Å²) >= 11 is 0. The minimum Gasteiger partial charge on any atom is -0.393 e. The molecular weight excluding hydrogens is 276 g/mol. The quantitative estimate of drug-likeness (QED) is 0.641. The van der Waals surface area contributed by atoms with E-state index in [2.05, 4.69) is 10.6 Å². The maximum atomic E-state index is 9.62. The van der Waals surface area contributed by atoms with Crippen molar-refractivity contribution in [1.82, 2.24) is 10.6 Å². The normalized spacial score (nSPS) is 43.9. The van der Waals surface area contributed by atoms with Crippen molar-refractivity contribution in [3.05, 3.63) is 0 Å². The molecule has 0 aromatic carbocycles. The average Bonchev–Trinajstić information content (AvgIpc) is 2.56. The molecule has 1 heterocycles. The van der Waals surface area contributed by atoms with Crippen LogP contribution >= 0.6 is 0 Å². The molecule has 4 heteroatoms. The Labute approximate surface area is 135 Å². The second-order valence-corrected chi connectivity index (χ2v) is 7.98. The van der Waals surface area contributed by atoms with E-state index in [0.29, 0.717) is 12.1 Å². The number of rotatable bonds is 4. The van der Waals surface area contributed by atoms with Gasteiger partial charge in [0, 0.05) is 13.1 Å². The maximum Gasteiger partial charge on any atom is 0.0600 e. The standard InChI is InChI=1S/C18H34N2O2/c21-16-7-3-13(4-8-16)1-2-14-11-19-18(20-12-14)15-5-9-17(22)10-6-15/h13-22H,1-12H2. The molecule has 0 bridgehead atoms. The first-order chi connectivity index (χ1) is 10.7. The van der Waals surface area contributed by atoms with Gasteiger partial charge < -0.3 is 20.8 Å². The van der Waals surface area contributed by atoms with Crippen molar-refractivity contribution in [2.45, 2.75) is 82.6 Å². The smallest absolute Gasteiger partial charge is 0.0600 e. The maximum absolute atomic E-state index is 9.62. The van der Waals surface area contributed by atoms with Crippen LogP contribution in [0.5, 0.6) is 0 Å². The minimum absolute atomic E-state index is 0.0240. The van der Waals surface area contributed by atoms with Gasteiger partial charge in [-0.2, -0.15) is 0 Å². The van der Waals surface area contributed by atoms with E-state index in [0.717, 1.165) is 63.5 Å². The Kier molecular flexibility index (Phi) is 6.14. The zero-order valence-electron chi connectivity index (χ0n) is 13.8. The number of aliphatic hydroxyl groups excluding tert-OH is 2. The van der Waals surface area contributed by atoms with E-state index in [1.807, 2.05) is 0 Å². The number of hydrogen-bond acceptors (Lipinski definition) is 4. The van der Waals surface area contributed by atoms with Crippen molar-refractivity contribution < 1.29 is 10.2 Å². The summed E-state index contributed by atoms with van der Waals surface area (Å²) in [5, 5.41) is 26.6. The Bertz CT molecular complexity index is 315. The molecule has 3 fully saturated rings. The van der Waals surface area contributed by atoms with E-state index in [4.69, 9.17) is 0 Å². The number of nitrogens with one attached hydrogen (secondary N) is 2. The van der Waals surface area contributed by atoms with Gasteiger partial charge in [0.1, 0.15) is 0 Å². The summed E-state index contributed by atoms with van der Waals surface area (Å²) in [6.07, 6.45) is 11.8. The van der Waals surface area contributed by atoms with Crippen molar-refractivity contribution in [2.24, 2.45) is 17.8 Å². The first-order valence-corrected chi connectivity index (χ1v) is 9.53. The summed E-state index contributed by atoms with van der Waals surface area (Å²) in [5.41, 5.74) is 0. The lowest BCUT2D eigenvalue weighted by atomic mass is 9.82. The Morgan fingerprint density at radius 3 is 1.73 bits per heavy atom. The zero-order valence-corrected chi connectivity index (χ0v) is 13.8. The largest absolute Gasteiger partial charge is 0.393 e. The summed E-state index contributed by atoms with van der Waals surface area (Å²) in [6.45, 7) is 2.29. The Hall–Kier alpha value is -0.160. The minimum atomic E-state index is -0.0541. The van der Waals surface area contributed by atoms with Crippen molar-refractivity contribution in [1.29, 1.82) is 0 Å². The van der Waals surface area contributed by atoms with Gasteiger partial charge in [-0.15, -0.1) is 0 Å². The summed E-state index contributed by atoms with van der Waals surface area (Å²) in [4.78, 5) is 0. The van der Waals surface area contributed by atoms with Crippen LogP contribution in [0.3, 0.4) is 0 Å². The summed E-state index contributed by atoms with van der Waals surface area (Å²) in [6, 6.07) is 0. The molecular formula is C18H34N2O2. The van der Waals surface area contributed by atoms with Gasteiger partial charge >= 0.3 is 0 Å². The van der Waals surface area contributed by atoms with Crippen LogP contribution in [0, 0.1) is 17.8 Å². The first kappa shape index (κ1) is 16.7. The van der Waals surface area contributed by atoms with Crippen LogP contribution in [0.25, 0.3) is 0 Å². The van der Waals surface area contributed by atoms with E-state index in [9.17, 15) is 10.2 Å². The SMILES string of the molecule is OC1CCC(CCC2CNC(C3CCC(O)CC3)NC2)CC1. The molecule has 3 aliphatic rings. The van der Waals surface area contributed by atoms with E-state index in [1.54, 1.807) is 0 Å². The lowest BCUT2D eigenvalue weighted by Crippen LogP contribution is -2.56. The van der Waals surface area contributed by atoms with Crippen LogP contribution in [0.2, 0.25) is 0 Å². The highest BCUT2D eigenvalue weighted by Crippen LogP contribution is 2.30. The molecule has 0 atom stereocenters. The third-order valence-corrected chi connectivity index (χ3v) is 6.27. The molecule has 1 saturated heterocycles. The van der Waals surface area contributed by atoms with Gasteiger partial charge in [0.15, 0.2) is 0 Å². The first-order valence-electron chi connectivity index (χ1n) is 9.53. The van der Waals surface area contributed by atoms with Gasteiger partial charge in [0.2, 0.25) is 0 Å². The topological polar surface area (TPSA) is 64.5 Å². The average molecular weight is 310 g/mol. The Balaban J connectivity index is 1.32. The van der Waals surface area contributed by atoms with Crippen molar-refractivity contribution in [2.75, 3.05) is 13.1 Å². The zero-order chi connectivity index (χ0) is 15.4. The van der Waals surface area contributed by atoms with Crippen LogP contribution in [-0.4, -0.2) is 41.7 Å². The number of hydrogen-bond donors (Lipinski definition) is 4. The van der Waals surface area contributed by atoms with Gasteiger partial charge in [0.05, 0.1) is 18.4 Å². The molecule has 1 aliphatic heterocycles. The molecule has 0 amide bonds. The van der Waals surface area contributed by atoms with E-state index in [1.165, 1.54) is 25.7 Å². The second kappa shape index (κ2) is 8.09. The molecule has 0 unspecified atom stereocenters. The Morgan fingerprint density at radius 2 is 1.14 bits per heavy atom. The fraction of sp³-hybridized carbons (Fsp3) is 1.00. The van der Waals surface area contributed by atoms with E-state index >= 15 is 0 Å². The molecule has 22 heavy (non-hydrogen) atoms. The fourth-order valence-electron chi connectivity index (χ4n) is 4.61. The lowest BCUT2D eigenvalue weighted by molar-refractivity contribution is 0.0828. The van der Waals surface area contributed by atoms with Crippen LogP contribution in [0.4, 0.5) is 0 Å². The molecule has 0 aromatic rings. The number of aliphatic hydroxyl groups is 2. The molecule has 0 radical (unpaired) electrons. The van der Waals surface area contributed by atoms with Crippen LogP contribution in [-0.2, 0) is 0 Å². The lowest BCUT2D eigenvalue weighted by Gasteiger charge is -2.39. The van der Waals surface area contributed by atoms with Gasteiger partial charge in [-0.1, -0.05) is 6.42 Å². The van der Waals surface area contributed by atoms with Crippen LogP contribution in [0.15, 0.2) is 0 Å². The summed E-state index contributed by atoms with van der Waals surface area (Å²) in [5.74, 6) is 2.31. The highest BCUT2D eigenvalue weighted by atomic mass is 16.3. The van der Waals surface area contributed by atoms with Gasteiger partial charge in [0.25, 0.3) is 0 Å². The van der Waals surface area contributed by atoms with E-state index in [-0.39, 0.29) is 12.2 Å². The van der Waals surface area contributed by atoms with Crippen LogP contribution < -0.4 is 10.6 Å². The molecule has 0 spiro atoms. The molecule has 4 nitrogen and oxygen atoms in total. The molecule has 4 N–H and O–H groups in total. The third kappa shape index (κ3) is 4.67. The predicted molar refractivity (Wildman–Crippen MR) is 88.4 cm³/mol. The van der Waals surface area contributed by atoms with Gasteiger partial charge in [-0.05, 0) is 75.5 Å². The molecule has 2 saturated carbocycles. The van der Waals surface area contributed by atoms with Crippen molar-refractivity contribution in [3.8, 4) is 0 Å².